The van der Waals surface area contributed by atoms with Crippen LogP contribution in [0, 0.1) is 11.6 Å². The van der Waals surface area contributed by atoms with Crippen LogP contribution >= 0.6 is 11.3 Å². The molecule has 1 N–H and O–H groups in total. The number of carbonyl (C=O) groups excluding carboxylic acids is 2. The van der Waals surface area contributed by atoms with Gasteiger partial charge < -0.3 is 10.1 Å². The van der Waals surface area contributed by atoms with Crippen LogP contribution in [0.3, 0.4) is 0 Å². The molecule has 0 unspecified atom stereocenters. The van der Waals surface area contributed by atoms with Gasteiger partial charge in [-0.25, -0.2) is 13.6 Å². The van der Waals surface area contributed by atoms with Crippen LogP contribution in [-0.4, -0.2) is 28.3 Å². The summed E-state index contributed by atoms with van der Waals surface area (Å²) in [5, 5.41) is 8.32. The number of halogens is 2. The lowest BCUT2D eigenvalue weighted by Crippen LogP contribution is -2.25. The van der Waals surface area contributed by atoms with Crippen LogP contribution < -0.4 is 10.9 Å². The highest BCUT2D eigenvalue weighted by molar-refractivity contribution is 7.16. The molecule has 4 rings (SSSR count). The Morgan fingerprint density at radius 3 is 2.66 bits per heavy atom. The molecule has 2 aromatic carbocycles. The molecule has 0 saturated heterocycles. The van der Waals surface area contributed by atoms with Crippen LogP contribution in [0.5, 0.6) is 0 Å². The second kappa shape index (κ2) is 8.67. The van der Waals surface area contributed by atoms with Gasteiger partial charge in [0.1, 0.15) is 16.6 Å². The predicted octanol–water partition coefficient (Wildman–Crippen LogP) is 4.15. The molecule has 162 valence electrons. The zero-order chi connectivity index (χ0) is 22.8. The molecule has 7 nitrogen and oxygen atoms in total. The number of rotatable bonds is 5. The molecule has 0 aliphatic rings. The first kappa shape index (κ1) is 21.3. The van der Waals surface area contributed by atoms with Crippen molar-refractivity contribution in [2.75, 3.05) is 11.9 Å². The van der Waals surface area contributed by atoms with E-state index in [-0.39, 0.29) is 39.3 Å². The van der Waals surface area contributed by atoms with Crippen LogP contribution in [0.2, 0.25) is 0 Å². The zero-order valence-corrected chi connectivity index (χ0v) is 17.4. The van der Waals surface area contributed by atoms with Crippen molar-refractivity contribution in [1.82, 2.24) is 9.78 Å². The molecule has 0 saturated carbocycles. The highest BCUT2D eigenvalue weighted by atomic mass is 32.1. The van der Waals surface area contributed by atoms with Gasteiger partial charge in [0.25, 0.3) is 11.5 Å². The average Bonchev–Trinajstić information content (AvgIpc) is 3.18. The molecule has 32 heavy (non-hydrogen) atoms. The monoisotopic (exact) mass is 455 g/mol. The molecule has 10 heteroatoms. The third kappa shape index (κ3) is 3.87. The fourth-order valence-electron chi connectivity index (χ4n) is 3.09. The molecule has 1 amide bonds. The third-order valence-electron chi connectivity index (χ3n) is 4.52. The van der Waals surface area contributed by atoms with Crippen LogP contribution in [0.25, 0.3) is 16.5 Å². The summed E-state index contributed by atoms with van der Waals surface area (Å²) in [7, 11) is 0. The number of esters is 1. The third-order valence-corrected chi connectivity index (χ3v) is 5.41. The van der Waals surface area contributed by atoms with Crippen molar-refractivity contribution in [1.29, 1.82) is 0 Å². The fourth-order valence-corrected chi connectivity index (χ4v) is 4.02. The van der Waals surface area contributed by atoms with Gasteiger partial charge in [0.2, 0.25) is 0 Å². The van der Waals surface area contributed by atoms with Crippen molar-refractivity contribution in [3.8, 4) is 5.69 Å². The summed E-state index contributed by atoms with van der Waals surface area (Å²) in [5.41, 5.74) is -0.990. The first-order chi connectivity index (χ1) is 15.4. The van der Waals surface area contributed by atoms with E-state index < -0.39 is 29.1 Å². The smallest absolute Gasteiger partial charge is 0.359 e. The molecule has 0 fully saturated rings. The molecule has 0 bridgehead atoms. The molecule has 2 aromatic heterocycles. The number of ether oxygens (including phenoxy) is 1. The number of benzene rings is 2. The molecule has 0 atom stereocenters. The fraction of sp³-hybridized carbons (Fsp3) is 0.0909. The lowest BCUT2D eigenvalue weighted by Gasteiger charge is -2.10. The number of nitrogens with zero attached hydrogens (tertiary/aromatic N) is 2. The molecule has 0 aliphatic carbocycles. The van der Waals surface area contributed by atoms with E-state index in [1.807, 2.05) is 0 Å². The first-order valence-electron chi connectivity index (χ1n) is 9.44. The summed E-state index contributed by atoms with van der Waals surface area (Å²) in [6.07, 6.45) is 0. The minimum absolute atomic E-state index is 0.0259. The van der Waals surface area contributed by atoms with E-state index in [4.69, 9.17) is 4.74 Å². The van der Waals surface area contributed by atoms with Gasteiger partial charge >= 0.3 is 5.97 Å². The minimum atomic E-state index is -0.785. The SMILES string of the molecule is CCOC(=O)c1nn(-c2cccc(F)c2)c(=O)c2c(NC(=O)c3ccccc3F)scc12. The Morgan fingerprint density at radius 1 is 1.16 bits per heavy atom. The Balaban J connectivity index is 1.91. The molecule has 4 aromatic rings. The summed E-state index contributed by atoms with van der Waals surface area (Å²) in [5.74, 6) is -2.88. The number of hydrogen-bond donors (Lipinski definition) is 1. The molecule has 0 spiro atoms. The van der Waals surface area contributed by atoms with Crippen molar-refractivity contribution in [2.45, 2.75) is 6.92 Å². The number of amides is 1. The summed E-state index contributed by atoms with van der Waals surface area (Å²) < 4.78 is 33.7. The average molecular weight is 455 g/mol. The Labute approximate surface area is 183 Å². The number of nitrogens with one attached hydrogen (secondary N) is 1. The molecule has 0 aliphatic heterocycles. The number of fused-ring (bicyclic) bond motifs is 1. The largest absolute Gasteiger partial charge is 0.461 e. The quantitative estimate of drug-likeness (QED) is 0.457. The van der Waals surface area contributed by atoms with Crippen LogP contribution in [-0.2, 0) is 4.74 Å². The minimum Gasteiger partial charge on any atom is -0.461 e. The van der Waals surface area contributed by atoms with Gasteiger partial charge in [0.15, 0.2) is 5.69 Å². The van der Waals surface area contributed by atoms with Crippen molar-refractivity contribution in [2.24, 2.45) is 0 Å². The maximum Gasteiger partial charge on any atom is 0.359 e. The van der Waals surface area contributed by atoms with Gasteiger partial charge in [-0.15, -0.1) is 11.3 Å². The van der Waals surface area contributed by atoms with Crippen molar-refractivity contribution in [3.05, 3.63) is 87.2 Å². The molecular formula is C22H15F2N3O4S. The van der Waals surface area contributed by atoms with Gasteiger partial charge in [-0.05, 0) is 37.3 Å². The van der Waals surface area contributed by atoms with E-state index in [2.05, 4.69) is 10.4 Å². The number of aromatic nitrogens is 2. The number of thiophene rings is 1. The normalized spacial score (nSPS) is 10.8. The van der Waals surface area contributed by atoms with Crippen LogP contribution in [0.4, 0.5) is 13.8 Å². The van der Waals surface area contributed by atoms with Gasteiger partial charge in [0, 0.05) is 10.8 Å². The summed E-state index contributed by atoms with van der Waals surface area (Å²) in [6.45, 7) is 1.69. The van der Waals surface area contributed by atoms with Crippen molar-refractivity contribution >= 4 is 39.0 Å². The lowest BCUT2D eigenvalue weighted by molar-refractivity contribution is 0.0520. The molecular weight excluding hydrogens is 440 g/mol. The van der Waals surface area contributed by atoms with E-state index in [1.165, 1.54) is 41.8 Å². The number of hydrogen-bond acceptors (Lipinski definition) is 6. The van der Waals surface area contributed by atoms with Crippen molar-refractivity contribution < 1.29 is 23.1 Å². The zero-order valence-electron chi connectivity index (χ0n) is 16.6. The van der Waals surface area contributed by atoms with E-state index in [9.17, 15) is 23.2 Å². The van der Waals surface area contributed by atoms with E-state index in [0.717, 1.165) is 28.2 Å². The topological polar surface area (TPSA) is 90.3 Å². The van der Waals surface area contributed by atoms with Gasteiger partial charge in [-0.2, -0.15) is 9.78 Å². The Bertz CT molecular complexity index is 1410. The van der Waals surface area contributed by atoms with E-state index >= 15 is 0 Å². The van der Waals surface area contributed by atoms with Gasteiger partial charge in [-0.1, -0.05) is 18.2 Å². The Morgan fingerprint density at radius 2 is 1.94 bits per heavy atom. The standard InChI is InChI=1S/C22H15F2N3O4S/c1-2-31-22(30)18-15-11-32-20(25-19(28)14-8-3-4-9-16(14)24)17(15)21(29)27(26-18)13-7-5-6-12(23)10-13/h3-11H,2H2,1H3,(H,25,28). The Hall–Kier alpha value is -3.92. The second-order valence-electron chi connectivity index (χ2n) is 6.55. The van der Waals surface area contributed by atoms with E-state index in [0.29, 0.717) is 0 Å². The molecule has 0 radical (unpaired) electrons. The van der Waals surface area contributed by atoms with E-state index in [1.54, 1.807) is 6.92 Å². The number of anilines is 1. The first-order valence-corrected chi connectivity index (χ1v) is 10.3. The molecule has 2 heterocycles. The highest BCUT2D eigenvalue weighted by Gasteiger charge is 2.24. The number of carbonyl (C=O) groups is 2. The predicted molar refractivity (Wildman–Crippen MR) is 115 cm³/mol. The lowest BCUT2D eigenvalue weighted by atomic mass is 10.2. The maximum atomic E-state index is 14.0. The second-order valence-corrected chi connectivity index (χ2v) is 7.43. The Kier molecular flexibility index (Phi) is 5.78. The van der Waals surface area contributed by atoms with Gasteiger partial charge in [-0.3, -0.25) is 9.59 Å². The summed E-state index contributed by atoms with van der Waals surface area (Å²) in [6, 6.07) is 10.5. The highest BCUT2D eigenvalue weighted by Crippen LogP contribution is 2.31. The van der Waals surface area contributed by atoms with Gasteiger partial charge in [0.05, 0.1) is 23.2 Å². The summed E-state index contributed by atoms with van der Waals surface area (Å²) in [4.78, 5) is 38.4. The summed E-state index contributed by atoms with van der Waals surface area (Å²) >= 11 is 0.973. The van der Waals surface area contributed by atoms with Crippen LogP contribution in [0.1, 0.15) is 27.8 Å². The van der Waals surface area contributed by atoms with Crippen LogP contribution in [0.15, 0.2) is 58.7 Å². The maximum absolute atomic E-state index is 14.0. The van der Waals surface area contributed by atoms with Crippen molar-refractivity contribution in [3.63, 3.8) is 0 Å².